The fourth-order valence-corrected chi connectivity index (χ4v) is 2.55. The van der Waals surface area contributed by atoms with Crippen LogP contribution in [0.15, 0.2) is 30.3 Å². The van der Waals surface area contributed by atoms with E-state index in [0.29, 0.717) is 13.1 Å². The molecule has 4 heteroatoms. The highest BCUT2D eigenvalue weighted by molar-refractivity contribution is 5.94. The molecule has 1 N–H and O–H groups in total. The summed E-state index contributed by atoms with van der Waals surface area (Å²) in [6.45, 7) is 3.65. The normalized spacial score (nSPS) is 24.2. The summed E-state index contributed by atoms with van der Waals surface area (Å²) in [5.74, 6) is 0.0592. The molecule has 1 aliphatic rings. The SMILES string of the molecule is CN(C(=O)CN1CCCC(C)(O)C1)c1ccccc1. The minimum Gasteiger partial charge on any atom is -0.389 e. The number of amides is 1. The second-order valence-electron chi connectivity index (χ2n) is 5.60. The lowest BCUT2D eigenvalue weighted by atomic mass is 9.95. The zero-order valence-electron chi connectivity index (χ0n) is 11.7. The van der Waals surface area contributed by atoms with Crippen molar-refractivity contribution in [2.45, 2.75) is 25.4 Å². The molecule has 0 aromatic heterocycles. The van der Waals surface area contributed by atoms with Crippen molar-refractivity contribution in [2.75, 3.05) is 31.6 Å². The summed E-state index contributed by atoms with van der Waals surface area (Å²) in [5, 5.41) is 10.0. The molecule has 0 radical (unpaired) electrons. The Morgan fingerprint density at radius 2 is 2.11 bits per heavy atom. The van der Waals surface area contributed by atoms with Crippen molar-refractivity contribution in [3.63, 3.8) is 0 Å². The summed E-state index contributed by atoms with van der Waals surface area (Å²) >= 11 is 0. The number of carbonyl (C=O) groups is 1. The van der Waals surface area contributed by atoms with Crippen LogP contribution in [0, 0.1) is 0 Å². The average Bonchev–Trinajstić information content (AvgIpc) is 2.37. The highest BCUT2D eigenvalue weighted by Crippen LogP contribution is 2.20. The van der Waals surface area contributed by atoms with Crippen LogP contribution in [0.3, 0.4) is 0 Å². The van der Waals surface area contributed by atoms with Crippen molar-refractivity contribution in [1.82, 2.24) is 4.90 Å². The minimum atomic E-state index is -0.663. The van der Waals surface area contributed by atoms with Gasteiger partial charge in [0.05, 0.1) is 12.1 Å². The third-order valence-electron chi connectivity index (χ3n) is 3.63. The van der Waals surface area contributed by atoms with Gasteiger partial charge in [-0.3, -0.25) is 9.69 Å². The van der Waals surface area contributed by atoms with Crippen LogP contribution < -0.4 is 4.90 Å². The first-order chi connectivity index (χ1) is 8.98. The molecule has 104 valence electrons. The number of anilines is 1. The molecule has 1 amide bonds. The van der Waals surface area contributed by atoms with Crippen LogP contribution in [0.5, 0.6) is 0 Å². The summed E-state index contributed by atoms with van der Waals surface area (Å²) in [7, 11) is 1.79. The van der Waals surface area contributed by atoms with E-state index in [1.807, 2.05) is 42.2 Å². The summed E-state index contributed by atoms with van der Waals surface area (Å²) in [5.41, 5.74) is 0.236. The molecule has 2 rings (SSSR count). The third-order valence-corrected chi connectivity index (χ3v) is 3.63. The standard InChI is InChI=1S/C15H22N2O2/c1-15(19)9-6-10-17(12-15)11-14(18)16(2)13-7-4-3-5-8-13/h3-5,7-8,19H,6,9-12H2,1-2H3. The summed E-state index contributed by atoms with van der Waals surface area (Å²) < 4.78 is 0. The molecule has 1 aliphatic heterocycles. The third kappa shape index (κ3) is 3.78. The van der Waals surface area contributed by atoms with E-state index in [1.54, 1.807) is 11.9 Å². The summed E-state index contributed by atoms with van der Waals surface area (Å²) in [6.07, 6.45) is 1.75. The van der Waals surface area contributed by atoms with Gasteiger partial charge in [-0.25, -0.2) is 0 Å². The zero-order valence-corrected chi connectivity index (χ0v) is 11.7. The highest BCUT2D eigenvalue weighted by Gasteiger charge is 2.29. The quantitative estimate of drug-likeness (QED) is 0.897. The Balaban J connectivity index is 1.94. The van der Waals surface area contributed by atoms with Crippen LogP contribution in [-0.2, 0) is 4.79 Å². The van der Waals surface area contributed by atoms with Gasteiger partial charge in [0.1, 0.15) is 0 Å². The van der Waals surface area contributed by atoms with Crippen molar-refractivity contribution >= 4 is 11.6 Å². The zero-order chi connectivity index (χ0) is 13.9. The van der Waals surface area contributed by atoms with E-state index in [2.05, 4.69) is 0 Å². The largest absolute Gasteiger partial charge is 0.389 e. The number of likely N-dealkylation sites (N-methyl/N-ethyl adjacent to an activating group) is 1. The van der Waals surface area contributed by atoms with Gasteiger partial charge in [0, 0.05) is 19.3 Å². The van der Waals surface area contributed by atoms with E-state index in [4.69, 9.17) is 0 Å². The molecule has 4 nitrogen and oxygen atoms in total. The Morgan fingerprint density at radius 1 is 1.42 bits per heavy atom. The van der Waals surface area contributed by atoms with Crippen LogP contribution in [0.1, 0.15) is 19.8 Å². The molecule has 1 unspecified atom stereocenters. The second-order valence-corrected chi connectivity index (χ2v) is 5.60. The maximum atomic E-state index is 12.2. The second kappa shape index (κ2) is 5.72. The highest BCUT2D eigenvalue weighted by atomic mass is 16.3. The van der Waals surface area contributed by atoms with Crippen molar-refractivity contribution in [3.05, 3.63) is 30.3 Å². The number of β-amino-alcohol motifs (C(OH)–C–C–N with tert-alkyl or cyclic N) is 1. The Hall–Kier alpha value is -1.39. The van der Waals surface area contributed by atoms with Gasteiger partial charge < -0.3 is 10.0 Å². The molecule has 0 aliphatic carbocycles. The average molecular weight is 262 g/mol. The first kappa shape index (κ1) is 14.0. The molecule has 0 spiro atoms. The molecular weight excluding hydrogens is 240 g/mol. The Kier molecular flexibility index (Phi) is 4.22. The maximum absolute atomic E-state index is 12.2. The van der Waals surface area contributed by atoms with E-state index in [9.17, 15) is 9.90 Å². The van der Waals surface area contributed by atoms with Gasteiger partial charge in [0.15, 0.2) is 0 Å². The predicted octanol–water partition coefficient (Wildman–Crippen LogP) is 1.50. The van der Waals surface area contributed by atoms with Crippen LogP contribution in [0.25, 0.3) is 0 Å². The lowest BCUT2D eigenvalue weighted by Gasteiger charge is -2.37. The van der Waals surface area contributed by atoms with Crippen LogP contribution in [0.2, 0.25) is 0 Å². The molecule has 0 bridgehead atoms. The maximum Gasteiger partial charge on any atom is 0.240 e. The molecule has 1 fully saturated rings. The van der Waals surface area contributed by atoms with Gasteiger partial charge in [-0.15, -0.1) is 0 Å². The molecule has 19 heavy (non-hydrogen) atoms. The fourth-order valence-electron chi connectivity index (χ4n) is 2.55. The van der Waals surface area contributed by atoms with E-state index >= 15 is 0 Å². The van der Waals surface area contributed by atoms with Crippen LogP contribution in [0.4, 0.5) is 5.69 Å². The lowest BCUT2D eigenvalue weighted by molar-refractivity contribution is -0.121. The van der Waals surface area contributed by atoms with Crippen LogP contribution >= 0.6 is 0 Å². The molecule has 1 heterocycles. The number of benzene rings is 1. The Labute approximate surface area is 114 Å². The minimum absolute atomic E-state index is 0.0592. The van der Waals surface area contributed by atoms with Crippen LogP contribution in [-0.4, -0.2) is 48.2 Å². The summed E-state index contributed by atoms with van der Waals surface area (Å²) in [4.78, 5) is 15.9. The van der Waals surface area contributed by atoms with Crippen molar-refractivity contribution in [1.29, 1.82) is 0 Å². The number of aliphatic hydroxyl groups is 1. The van der Waals surface area contributed by atoms with Crippen molar-refractivity contribution in [3.8, 4) is 0 Å². The molecule has 1 aromatic carbocycles. The van der Waals surface area contributed by atoms with Gasteiger partial charge in [-0.05, 0) is 38.4 Å². The summed E-state index contributed by atoms with van der Waals surface area (Å²) in [6, 6.07) is 9.62. The lowest BCUT2D eigenvalue weighted by Crippen LogP contribution is -2.49. The number of hydrogen-bond acceptors (Lipinski definition) is 3. The number of hydrogen-bond donors (Lipinski definition) is 1. The van der Waals surface area contributed by atoms with Crippen molar-refractivity contribution < 1.29 is 9.90 Å². The Bertz CT molecular complexity index is 431. The number of carbonyl (C=O) groups excluding carboxylic acids is 1. The smallest absolute Gasteiger partial charge is 0.240 e. The van der Waals surface area contributed by atoms with E-state index in [-0.39, 0.29) is 5.91 Å². The number of para-hydroxylation sites is 1. The monoisotopic (exact) mass is 262 g/mol. The number of rotatable bonds is 3. The van der Waals surface area contributed by atoms with Gasteiger partial charge in [-0.2, -0.15) is 0 Å². The first-order valence-electron chi connectivity index (χ1n) is 6.74. The van der Waals surface area contributed by atoms with Gasteiger partial charge >= 0.3 is 0 Å². The molecule has 0 saturated carbocycles. The van der Waals surface area contributed by atoms with Gasteiger partial charge in [-0.1, -0.05) is 18.2 Å². The van der Waals surface area contributed by atoms with E-state index < -0.39 is 5.60 Å². The number of nitrogens with zero attached hydrogens (tertiary/aromatic N) is 2. The topological polar surface area (TPSA) is 43.8 Å². The molecular formula is C15H22N2O2. The number of piperidine rings is 1. The fraction of sp³-hybridized carbons (Fsp3) is 0.533. The van der Waals surface area contributed by atoms with E-state index in [1.165, 1.54) is 0 Å². The van der Waals surface area contributed by atoms with Crippen molar-refractivity contribution in [2.24, 2.45) is 0 Å². The molecule has 1 aromatic rings. The molecule has 1 saturated heterocycles. The first-order valence-corrected chi connectivity index (χ1v) is 6.74. The number of likely N-dealkylation sites (tertiary alicyclic amines) is 1. The molecule has 1 atom stereocenters. The van der Waals surface area contributed by atoms with E-state index in [0.717, 1.165) is 25.1 Å². The predicted molar refractivity (Wildman–Crippen MR) is 76.1 cm³/mol. The Morgan fingerprint density at radius 3 is 2.74 bits per heavy atom. The van der Waals surface area contributed by atoms with Gasteiger partial charge in [0.25, 0.3) is 0 Å². The van der Waals surface area contributed by atoms with Gasteiger partial charge in [0.2, 0.25) is 5.91 Å².